The molecule has 0 atom stereocenters. The van der Waals surface area contributed by atoms with E-state index in [2.05, 4.69) is 29.3 Å². The van der Waals surface area contributed by atoms with Crippen molar-refractivity contribution in [2.45, 2.75) is 13.3 Å². The lowest BCUT2D eigenvalue weighted by Gasteiger charge is -2.00. The fourth-order valence-corrected chi connectivity index (χ4v) is 1.52. The molecule has 1 N–H and O–H groups in total. The number of carbonyl (C=O) groups is 1. The zero-order valence-corrected chi connectivity index (χ0v) is 8.53. The Kier molecular flexibility index (Phi) is 2.63. The number of benzene rings is 1. The normalized spacial score (nSPS) is 10.2. The monoisotopic (exact) mass is 200 g/mol. The number of hydrogen-bond donors (Lipinski definition) is 1. The molecule has 0 saturated carbocycles. The molecule has 0 spiro atoms. The molecule has 0 aliphatic rings. The highest BCUT2D eigenvalue weighted by Crippen LogP contribution is 2.20. The van der Waals surface area contributed by atoms with Gasteiger partial charge in [0.25, 0.3) is 0 Å². The summed E-state index contributed by atoms with van der Waals surface area (Å²) < 4.78 is 0. The van der Waals surface area contributed by atoms with Gasteiger partial charge < -0.3 is 0 Å². The summed E-state index contributed by atoms with van der Waals surface area (Å²) in [6.45, 7) is 2.11. The van der Waals surface area contributed by atoms with Crippen LogP contribution in [0, 0.1) is 0 Å². The minimum absolute atomic E-state index is 0.597. The molecule has 0 aliphatic carbocycles. The number of rotatable bonds is 3. The van der Waals surface area contributed by atoms with Gasteiger partial charge in [-0.15, -0.1) is 0 Å². The summed E-state index contributed by atoms with van der Waals surface area (Å²) in [5.41, 5.74) is 3.66. The lowest BCUT2D eigenvalue weighted by atomic mass is 10.1. The molecule has 3 nitrogen and oxygen atoms in total. The van der Waals surface area contributed by atoms with Gasteiger partial charge in [0.1, 0.15) is 0 Å². The van der Waals surface area contributed by atoms with Crippen molar-refractivity contribution >= 4 is 6.29 Å². The van der Waals surface area contributed by atoms with Gasteiger partial charge in [0.15, 0.2) is 6.29 Å². The number of H-pyrrole nitrogens is 1. The molecular formula is C12H12N2O. The topological polar surface area (TPSA) is 45.8 Å². The van der Waals surface area contributed by atoms with Crippen LogP contribution in [0.15, 0.2) is 30.5 Å². The van der Waals surface area contributed by atoms with E-state index in [4.69, 9.17) is 0 Å². The summed E-state index contributed by atoms with van der Waals surface area (Å²) >= 11 is 0. The Morgan fingerprint density at radius 2 is 2.07 bits per heavy atom. The highest BCUT2D eigenvalue weighted by atomic mass is 16.1. The minimum Gasteiger partial charge on any atom is -0.298 e. The van der Waals surface area contributed by atoms with E-state index in [-0.39, 0.29) is 0 Å². The number of aromatic amines is 1. The molecule has 0 bridgehead atoms. The summed E-state index contributed by atoms with van der Waals surface area (Å²) in [6, 6.07) is 8.12. The van der Waals surface area contributed by atoms with Crippen LogP contribution in [0.1, 0.15) is 22.8 Å². The van der Waals surface area contributed by atoms with Crippen molar-refractivity contribution in [2.24, 2.45) is 0 Å². The van der Waals surface area contributed by atoms with E-state index in [1.807, 2.05) is 12.1 Å². The highest BCUT2D eigenvalue weighted by molar-refractivity contribution is 5.85. The Morgan fingerprint density at radius 3 is 2.67 bits per heavy atom. The number of nitrogens with zero attached hydrogens (tertiary/aromatic N) is 1. The molecule has 2 aromatic rings. The van der Waals surface area contributed by atoms with Crippen LogP contribution in [0.4, 0.5) is 0 Å². The number of aromatic nitrogens is 2. The number of aldehydes is 1. The summed E-state index contributed by atoms with van der Waals surface area (Å²) in [7, 11) is 0. The zero-order valence-electron chi connectivity index (χ0n) is 8.53. The first-order valence-corrected chi connectivity index (χ1v) is 4.93. The standard InChI is InChI=1S/C12H12N2O/c1-2-9-3-5-10(6-4-9)12-11(8-15)7-13-14-12/h3-8H,2H2,1H3,(H,13,14). The predicted molar refractivity (Wildman–Crippen MR) is 58.8 cm³/mol. The average molecular weight is 200 g/mol. The molecule has 0 aliphatic heterocycles. The van der Waals surface area contributed by atoms with Gasteiger partial charge in [-0.05, 0) is 12.0 Å². The van der Waals surface area contributed by atoms with Crippen molar-refractivity contribution in [1.82, 2.24) is 10.2 Å². The van der Waals surface area contributed by atoms with Gasteiger partial charge in [0.2, 0.25) is 0 Å². The lowest BCUT2D eigenvalue weighted by molar-refractivity contribution is 0.112. The van der Waals surface area contributed by atoms with E-state index in [9.17, 15) is 4.79 Å². The molecule has 76 valence electrons. The third-order valence-electron chi connectivity index (χ3n) is 2.45. The second-order valence-electron chi connectivity index (χ2n) is 3.37. The predicted octanol–water partition coefficient (Wildman–Crippen LogP) is 2.45. The van der Waals surface area contributed by atoms with E-state index < -0.39 is 0 Å². The second-order valence-corrected chi connectivity index (χ2v) is 3.37. The van der Waals surface area contributed by atoms with Gasteiger partial charge in [0.05, 0.1) is 17.5 Å². The smallest absolute Gasteiger partial charge is 0.153 e. The first-order chi connectivity index (χ1) is 7.35. The SMILES string of the molecule is CCc1ccc(-c2[nH]ncc2C=O)cc1. The minimum atomic E-state index is 0.597. The lowest BCUT2D eigenvalue weighted by Crippen LogP contribution is -1.85. The van der Waals surface area contributed by atoms with Crippen molar-refractivity contribution in [3.63, 3.8) is 0 Å². The van der Waals surface area contributed by atoms with Crippen molar-refractivity contribution in [3.05, 3.63) is 41.6 Å². The van der Waals surface area contributed by atoms with Crippen LogP contribution in [-0.2, 0) is 6.42 Å². The molecule has 0 amide bonds. The van der Waals surface area contributed by atoms with E-state index >= 15 is 0 Å². The molecule has 15 heavy (non-hydrogen) atoms. The first-order valence-electron chi connectivity index (χ1n) is 4.93. The van der Waals surface area contributed by atoms with Crippen LogP contribution in [0.5, 0.6) is 0 Å². The summed E-state index contributed by atoms with van der Waals surface area (Å²) in [5, 5.41) is 6.68. The summed E-state index contributed by atoms with van der Waals surface area (Å²) in [4.78, 5) is 10.7. The fraction of sp³-hybridized carbons (Fsp3) is 0.167. The van der Waals surface area contributed by atoms with Crippen molar-refractivity contribution in [1.29, 1.82) is 0 Å². The average Bonchev–Trinajstić information content (AvgIpc) is 2.77. The van der Waals surface area contributed by atoms with Gasteiger partial charge in [-0.2, -0.15) is 5.10 Å². The molecule has 1 aromatic heterocycles. The van der Waals surface area contributed by atoms with E-state index in [0.29, 0.717) is 5.56 Å². The van der Waals surface area contributed by atoms with E-state index in [1.54, 1.807) is 0 Å². The number of nitrogens with one attached hydrogen (secondary N) is 1. The van der Waals surface area contributed by atoms with E-state index in [0.717, 1.165) is 24.0 Å². The Labute approximate surface area is 88.1 Å². The third-order valence-corrected chi connectivity index (χ3v) is 2.45. The van der Waals surface area contributed by atoms with Gasteiger partial charge in [-0.3, -0.25) is 9.89 Å². The second kappa shape index (κ2) is 4.09. The largest absolute Gasteiger partial charge is 0.298 e. The maximum atomic E-state index is 10.7. The van der Waals surface area contributed by atoms with Gasteiger partial charge in [-0.1, -0.05) is 31.2 Å². The van der Waals surface area contributed by atoms with Crippen LogP contribution in [-0.4, -0.2) is 16.5 Å². The maximum absolute atomic E-state index is 10.7. The summed E-state index contributed by atoms with van der Waals surface area (Å²) in [5.74, 6) is 0. The number of carbonyl (C=O) groups excluding carboxylic acids is 1. The quantitative estimate of drug-likeness (QED) is 0.773. The van der Waals surface area contributed by atoms with Crippen molar-refractivity contribution in [3.8, 4) is 11.3 Å². The Morgan fingerprint density at radius 1 is 1.33 bits per heavy atom. The Bertz CT molecular complexity index is 457. The number of hydrogen-bond acceptors (Lipinski definition) is 2. The molecule has 0 radical (unpaired) electrons. The molecule has 0 fully saturated rings. The molecule has 3 heteroatoms. The first kappa shape index (κ1) is 9.65. The highest BCUT2D eigenvalue weighted by Gasteiger charge is 2.05. The van der Waals surface area contributed by atoms with Gasteiger partial charge in [-0.25, -0.2) is 0 Å². The maximum Gasteiger partial charge on any atom is 0.153 e. The van der Waals surface area contributed by atoms with Crippen LogP contribution in [0.2, 0.25) is 0 Å². The van der Waals surface area contributed by atoms with Gasteiger partial charge in [0, 0.05) is 5.56 Å². The molecular weight excluding hydrogens is 188 g/mol. The van der Waals surface area contributed by atoms with E-state index in [1.165, 1.54) is 11.8 Å². The third kappa shape index (κ3) is 1.81. The Hall–Kier alpha value is -1.90. The van der Waals surface area contributed by atoms with Crippen LogP contribution in [0.25, 0.3) is 11.3 Å². The molecule has 1 heterocycles. The molecule has 0 saturated heterocycles. The van der Waals surface area contributed by atoms with Crippen LogP contribution >= 0.6 is 0 Å². The molecule has 0 unspecified atom stereocenters. The van der Waals surface area contributed by atoms with Crippen LogP contribution < -0.4 is 0 Å². The fourth-order valence-electron chi connectivity index (χ4n) is 1.52. The molecule has 1 aromatic carbocycles. The van der Waals surface area contributed by atoms with Gasteiger partial charge >= 0.3 is 0 Å². The van der Waals surface area contributed by atoms with Crippen LogP contribution in [0.3, 0.4) is 0 Å². The van der Waals surface area contributed by atoms with Crippen molar-refractivity contribution < 1.29 is 4.79 Å². The molecule has 2 rings (SSSR count). The summed E-state index contributed by atoms with van der Waals surface area (Å²) in [6.07, 6.45) is 3.37. The zero-order chi connectivity index (χ0) is 10.7. The van der Waals surface area contributed by atoms with Crippen molar-refractivity contribution in [2.75, 3.05) is 0 Å². The Balaban J connectivity index is 2.41. The number of aryl methyl sites for hydroxylation is 1.